The van der Waals surface area contributed by atoms with E-state index in [0.717, 1.165) is 43.6 Å². The second-order valence-electron chi connectivity index (χ2n) is 7.26. The molecule has 0 bridgehead atoms. The van der Waals surface area contributed by atoms with Crippen LogP contribution in [0.4, 0.5) is 0 Å². The van der Waals surface area contributed by atoms with Gasteiger partial charge in [0, 0.05) is 32.2 Å². The predicted molar refractivity (Wildman–Crippen MR) is 102 cm³/mol. The van der Waals surface area contributed by atoms with Gasteiger partial charge in [-0.3, -0.25) is 4.90 Å². The summed E-state index contributed by atoms with van der Waals surface area (Å²) in [5, 5.41) is 3.49. The van der Waals surface area contributed by atoms with E-state index in [1.54, 1.807) is 0 Å². The monoisotopic (exact) mass is 336 g/mol. The van der Waals surface area contributed by atoms with Crippen molar-refractivity contribution in [1.29, 1.82) is 0 Å². The molecular formula is C22H28N2O. The van der Waals surface area contributed by atoms with Gasteiger partial charge in [0.15, 0.2) is 0 Å². The van der Waals surface area contributed by atoms with Crippen LogP contribution in [0, 0.1) is 5.92 Å². The SMILES string of the molecule is c1ccc(Oc2ccc([C@@H](C3CCCC3)N3CCNCC3)cc2)cc1. The summed E-state index contributed by atoms with van der Waals surface area (Å²) >= 11 is 0. The first-order valence-electron chi connectivity index (χ1n) is 9.68. The Bertz CT molecular complexity index is 643. The van der Waals surface area contributed by atoms with Crippen LogP contribution < -0.4 is 10.1 Å². The van der Waals surface area contributed by atoms with E-state index in [1.165, 1.54) is 31.2 Å². The van der Waals surface area contributed by atoms with Gasteiger partial charge in [0.25, 0.3) is 0 Å². The number of ether oxygens (including phenoxy) is 1. The van der Waals surface area contributed by atoms with E-state index >= 15 is 0 Å². The highest BCUT2D eigenvalue weighted by atomic mass is 16.5. The number of benzene rings is 2. The number of nitrogens with one attached hydrogen (secondary N) is 1. The molecule has 2 aliphatic rings. The van der Waals surface area contributed by atoms with Crippen LogP contribution in [0.3, 0.4) is 0 Å². The average Bonchev–Trinajstić information content (AvgIpc) is 3.19. The van der Waals surface area contributed by atoms with E-state index in [1.807, 2.05) is 30.3 Å². The lowest BCUT2D eigenvalue weighted by Gasteiger charge is -2.38. The van der Waals surface area contributed by atoms with Crippen molar-refractivity contribution in [2.24, 2.45) is 5.92 Å². The number of nitrogens with zero attached hydrogens (tertiary/aromatic N) is 1. The molecule has 0 aromatic heterocycles. The van der Waals surface area contributed by atoms with Gasteiger partial charge < -0.3 is 10.1 Å². The van der Waals surface area contributed by atoms with E-state index in [4.69, 9.17) is 4.74 Å². The van der Waals surface area contributed by atoms with Crippen molar-refractivity contribution < 1.29 is 4.74 Å². The molecule has 2 aromatic carbocycles. The largest absolute Gasteiger partial charge is 0.457 e. The molecule has 3 nitrogen and oxygen atoms in total. The van der Waals surface area contributed by atoms with Gasteiger partial charge in [-0.25, -0.2) is 0 Å². The Kier molecular flexibility index (Phi) is 5.34. The topological polar surface area (TPSA) is 24.5 Å². The predicted octanol–water partition coefficient (Wildman–Crippen LogP) is 4.62. The lowest BCUT2D eigenvalue weighted by atomic mass is 9.89. The van der Waals surface area contributed by atoms with Crippen molar-refractivity contribution in [2.45, 2.75) is 31.7 Å². The Morgan fingerprint density at radius 3 is 2.16 bits per heavy atom. The highest BCUT2D eigenvalue weighted by Crippen LogP contribution is 2.40. The number of piperazine rings is 1. The van der Waals surface area contributed by atoms with E-state index in [2.05, 4.69) is 34.5 Å². The molecular weight excluding hydrogens is 308 g/mol. The molecule has 2 fully saturated rings. The molecule has 1 saturated heterocycles. The van der Waals surface area contributed by atoms with Gasteiger partial charge in [0.2, 0.25) is 0 Å². The fraction of sp³-hybridized carbons (Fsp3) is 0.455. The third-order valence-corrected chi connectivity index (χ3v) is 5.59. The highest BCUT2D eigenvalue weighted by Gasteiger charge is 2.31. The molecule has 1 N–H and O–H groups in total. The molecule has 0 radical (unpaired) electrons. The summed E-state index contributed by atoms with van der Waals surface area (Å²) in [6.45, 7) is 4.53. The molecule has 1 atom stereocenters. The summed E-state index contributed by atoms with van der Waals surface area (Å²) in [5.74, 6) is 2.61. The first kappa shape index (κ1) is 16.6. The Morgan fingerprint density at radius 2 is 1.48 bits per heavy atom. The molecule has 25 heavy (non-hydrogen) atoms. The zero-order valence-electron chi connectivity index (χ0n) is 14.9. The highest BCUT2D eigenvalue weighted by molar-refractivity contribution is 5.34. The van der Waals surface area contributed by atoms with Gasteiger partial charge in [0.05, 0.1) is 0 Å². The first-order chi connectivity index (χ1) is 12.4. The lowest BCUT2D eigenvalue weighted by molar-refractivity contribution is 0.125. The van der Waals surface area contributed by atoms with Gasteiger partial charge in [-0.2, -0.15) is 0 Å². The molecule has 1 saturated carbocycles. The van der Waals surface area contributed by atoms with Gasteiger partial charge >= 0.3 is 0 Å². The smallest absolute Gasteiger partial charge is 0.127 e. The summed E-state index contributed by atoms with van der Waals surface area (Å²) in [5.41, 5.74) is 1.45. The van der Waals surface area contributed by atoms with Crippen LogP contribution in [0.15, 0.2) is 54.6 Å². The maximum atomic E-state index is 5.96. The minimum absolute atomic E-state index is 0.565. The van der Waals surface area contributed by atoms with Gasteiger partial charge in [-0.05, 0) is 48.6 Å². The number of hydrogen-bond donors (Lipinski definition) is 1. The number of hydrogen-bond acceptors (Lipinski definition) is 3. The Morgan fingerprint density at radius 1 is 0.840 bits per heavy atom. The van der Waals surface area contributed by atoms with E-state index in [-0.39, 0.29) is 0 Å². The molecule has 132 valence electrons. The zero-order chi connectivity index (χ0) is 16.9. The van der Waals surface area contributed by atoms with Crippen LogP contribution in [0.2, 0.25) is 0 Å². The Labute approximate surface area is 151 Å². The second-order valence-corrected chi connectivity index (χ2v) is 7.26. The molecule has 0 spiro atoms. The number of para-hydroxylation sites is 1. The van der Waals surface area contributed by atoms with Crippen LogP contribution in [0.5, 0.6) is 11.5 Å². The van der Waals surface area contributed by atoms with E-state index < -0.39 is 0 Å². The summed E-state index contributed by atoms with van der Waals surface area (Å²) in [6.07, 6.45) is 5.53. The zero-order valence-corrected chi connectivity index (χ0v) is 14.9. The maximum Gasteiger partial charge on any atom is 0.127 e. The van der Waals surface area contributed by atoms with Gasteiger partial charge in [0.1, 0.15) is 11.5 Å². The van der Waals surface area contributed by atoms with Crippen LogP contribution in [0.1, 0.15) is 37.3 Å². The first-order valence-corrected chi connectivity index (χ1v) is 9.68. The van der Waals surface area contributed by atoms with Crippen LogP contribution in [0.25, 0.3) is 0 Å². The molecule has 1 aliphatic heterocycles. The maximum absolute atomic E-state index is 5.96. The fourth-order valence-corrected chi connectivity index (χ4v) is 4.37. The quantitative estimate of drug-likeness (QED) is 0.862. The third kappa shape index (κ3) is 4.05. The van der Waals surface area contributed by atoms with Crippen LogP contribution in [-0.4, -0.2) is 31.1 Å². The summed E-state index contributed by atoms with van der Waals surface area (Å²) in [7, 11) is 0. The van der Waals surface area contributed by atoms with Gasteiger partial charge in [-0.15, -0.1) is 0 Å². The molecule has 1 aliphatic carbocycles. The molecule has 0 unspecified atom stereocenters. The fourth-order valence-electron chi connectivity index (χ4n) is 4.37. The van der Waals surface area contributed by atoms with Crippen molar-refractivity contribution >= 4 is 0 Å². The minimum Gasteiger partial charge on any atom is -0.457 e. The summed E-state index contributed by atoms with van der Waals surface area (Å²) in [6, 6.07) is 19.4. The van der Waals surface area contributed by atoms with Crippen molar-refractivity contribution in [3.63, 3.8) is 0 Å². The Hall–Kier alpha value is -1.84. The van der Waals surface area contributed by atoms with Crippen LogP contribution >= 0.6 is 0 Å². The molecule has 2 aromatic rings. The molecule has 0 amide bonds. The average molecular weight is 336 g/mol. The second kappa shape index (κ2) is 8.03. The minimum atomic E-state index is 0.565. The van der Waals surface area contributed by atoms with Crippen molar-refractivity contribution in [3.05, 3.63) is 60.2 Å². The van der Waals surface area contributed by atoms with Crippen molar-refractivity contribution in [1.82, 2.24) is 10.2 Å². The molecule has 3 heteroatoms. The summed E-state index contributed by atoms with van der Waals surface area (Å²) in [4.78, 5) is 2.69. The lowest BCUT2D eigenvalue weighted by Crippen LogP contribution is -2.46. The van der Waals surface area contributed by atoms with Crippen molar-refractivity contribution in [2.75, 3.05) is 26.2 Å². The molecule has 1 heterocycles. The standard InChI is InChI=1S/C22H28N2O/c1-2-8-20(9-3-1)25-21-12-10-19(11-13-21)22(18-6-4-5-7-18)24-16-14-23-15-17-24/h1-3,8-13,18,22-23H,4-7,14-17H2/t22-/m1/s1. The molecule has 4 rings (SSSR count). The van der Waals surface area contributed by atoms with E-state index in [0.29, 0.717) is 6.04 Å². The summed E-state index contributed by atoms with van der Waals surface area (Å²) < 4.78 is 5.96. The normalized spacial score (nSPS) is 20.5. The number of rotatable bonds is 5. The Balaban J connectivity index is 1.52. The van der Waals surface area contributed by atoms with Crippen molar-refractivity contribution in [3.8, 4) is 11.5 Å². The van der Waals surface area contributed by atoms with Crippen LogP contribution in [-0.2, 0) is 0 Å². The third-order valence-electron chi connectivity index (χ3n) is 5.59. The van der Waals surface area contributed by atoms with Gasteiger partial charge in [-0.1, -0.05) is 43.2 Å². The van der Waals surface area contributed by atoms with E-state index in [9.17, 15) is 0 Å².